The molecule has 0 heterocycles. The van der Waals surface area contributed by atoms with Gasteiger partial charge in [-0.3, -0.25) is 4.99 Å². The molecule has 0 atom stereocenters. The second-order valence-corrected chi connectivity index (χ2v) is 4.19. The van der Waals surface area contributed by atoms with Crippen LogP contribution in [0.1, 0.15) is 11.1 Å². The van der Waals surface area contributed by atoms with Crippen LogP contribution in [0, 0.1) is 6.92 Å². The van der Waals surface area contributed by atoms with Crippen LogP contribution in [0.2, 0.25) is 5.02 Å². The number of aryl methyl sites for hydroxylation is 1. The van der Waals surface area contributed by atoms with Crippen LogP contribution in [0.5, 0.6) is 5.75 Å². The quantitative estimate of drug-likeness (QED) is 0.794. The average Bonchev–Trinajstić information content (AvgIpc) is 2.33. The summed E-state index contributed by atoms with van der Waals surface area (Å²) in [5.74, 6) is 0.0666. The maximum atomic E-state index is 9.78. The number of phenolic OH excluding ortho intramolecular Hbond substituents is 1. The van der Waals surface area contributed by atoms with Gasteiger partial charge in [-0.1, -0.05) is 29.8 Å². The molecule has 0 unspecified atom stereocenters. The number of aliphatic imine (C=N–C) groups is 1. The number of nitrogens with zero attached hydrogens (tertiary/aromatic N) is 1. The summed E-state index contributed by atoms with van der Waals surface area (Å²) in [7, 11) is 0. The fraction of sp³-hybridized carbons (Fsp3) is 0.0714. The largest absolute Gasteiger partial charge is 0.506 e. The SMILES string of the molecule is Cc1cc(Cl)c(O)c(/C=N/c2ccccc2)c1. The van der Waals surface area contributed by atoms with E-state index >= 15 is 0 Å². The Morgan fingerprint density at radius 1 is 1.18 bits per heavy atom. The molecule has 2 rings (SSSR count). The lowest BCUT2D eigenvalue weighted by Gasteiger charge is -2.03. The third kappa shape index (κ3) is 2.86. The lowest BCUT2D eigenvalue weighted by Crippen LogP contribution is -1.85. The first-order valence-electron chi connectivity index (χ1n) is 5.25. The van der Waals surface area contributed by atoms with Gasteiger partial charge >= 0.3 is 0 Å². The minimum atomic E-state index is 0.0666. The second-order valence-electron chi connectivity index (χ2n) is 3.78. The van der Waals surface area contributed by atoms with E-state index in [0.717, 1.165) is 11.3 Å². The number of para-hydroxylation sites is 1. The molecule has 0 bridgehead atoms. The highest BCUT2D eigenvalue weighted by molar-refractivity contribution is 6.32. The molecule has 0 aliphatic heterocycles. The number of hydrogen-bond donors (Lipinski definition) is 1. The van der Waals surface area contributed by atoms with E-state index in [1.54, 1.807) is 12.3 Å². The van der Waals surface area contributed by atoms with Crippen LogP contribution in [-0.4, -0.2) is 11.3 Å². The van der Waals surface area contributed by atoms with Crippen molar-refractivity contribution in [3.05, 3.63) is 58.6 Å². The highest BCUT2D eigenvalue weighted by Crippen LogP contribution is 2.28. The normalized spacial score (nSPS) is 10.9. The molecule has 0 spiro atoms. The number of aromatic hydroxyl groups is 1. The van der Waals surface area contributed by atoms with Crippen LogP contribution in [0.4, 0.5) is 5.69 Å². The zero-order valence-corrected chi connectivity index (χ0v) is 10.1. The minimum absolute atomic E-state index is 0.0666. The standard InChI is InChI=1S/C14H12ClNO/c1-10-7-11(14(17)13(15)8-10)9-16-12-5-3-2-4-6-12/h2-9,17H,1H3/b16-9+. The second kappa shape index (κ2) is 5.02. The van der Waals surface area contributed by atoms with Gasteiger partial charge < -0.3 is 5.11 Å². The number of hydrogen-bond acceptors (Lipinski definition) is 2. The van der Waals surface area contributed by atoms with Crippen molar-refractivity contribution in [2.24, 2.45) is 4.99 Å². The lowest BCUT2D eigenvalue weighted by molar-refractivity contribution is 0.474. The van der Waals surface area contributed by atoms with Crippen molar-refractivity contribution in [2.45, 2.75) is 6.92 Å². The molecular weight excluding hydrogens is 234 g/mol. The minimum Gasteiger partial charge on any atom is -0.506 e. The van der Waals surface area contributed by atoms with Gasteiger partial charge in [-0.2, -0.15) is 0 Å². The first-order chi connectivity index (χ1) is 8.16. The number of rotatable bonds is 2. The first-order valence-corrected chi connectivity index (χ1v) is 5.63. The molecule has 0 radical (unpaired) electrons. The summed E-state index contributed by atoms with van der Waals surface area (Å²) in [6.45, 7) is 1.92. The van der Waals surface area contributed by atoms with E-state index in [0.29, 0.717) is 10.6 Å². The molecule has 86 valence electrons. The Kier molecular flexibility index (Phi) is 3.45. The van der Waals surface area contributed by atoms with Crippen molar-refractivity contribution >= 4 is 23.5 Å². The third-order valence-electron chi connectivity index (χ3n) is 2.35. The fourth-order valence-corrected chi connectivity index (χ4v) is 1.80. The van der Waals surface area contributed by atoms with E-state index in [2.05, 4.69) is 4.99 Å². The monoisotopic (exact) mass is 245 g/mol. The Labute approximate surface area is 105 Å². The molecule has 2 aromatic carbocycles. The Bertz CT molecular complexity index is 550. The molecule has 0 saturated heterocycles. The summed E-state index contributed by atoms with van der Waals surface area (Å²) in [5.41, 5.74) is 2.45. The molecule has 2 aromatic rings. The highest BCUT2D eigenvalue weighted by atomic mass is 35.5. The molecule has 17 heavy (non-hydrogen) atoms. The van der Waals surface area contributed by atoms with Crippen molar-refractivity contribution in [3.63, 3.8) is 0 Å². The summed E-state index contributed by atoms with van der Waals surface area (Å²) in [5, 5.41) is 10.1. The first kappa shape index (κ1) is 11.7. The van der Waals surface area contributed by atoms with Crippen LogP contribution >= 0.6 is 11.6 Å². The van der Waals surface area contributed by atoms with Crippen LogP contribution < -0.4 is 0 Å². The average molecular weight is 246 g/mol. The van der Waals surface area contributed by atoms with E-state index < -0.39 is 0 Å². The molecule has 0 amide bonds. The van der Waals surface area contributed by atoms with Gasteiger partial charge in [0.25, 0.3) is 0 Å². The molecule has 3 heteroatoms. The van der Waals surface area contributed by atoms with Crippen LogP contribution in [0.3, 0.4) is 0 Å². The predicted octanol–water partition coefficient (Wildman–Crippen LogP) is 4.10. The van der Waals surface area contributed by atoms with E-state index in [9.17, 15) is 5.11 Å². The number of phenols is 1. The van der Waals surface area contributed by atoms with Crippen LogP contribution in [0.15, 0.2) is 47.5 Å². The third-order valence-corrected chi connectivity index (χ3v) is 2.63. The van der Waals surface area contributed by atoms with Gasteiger partial charge in [-0.15, -0.1) is 0 Å². The summed E-state index contributed by atoms with van der Waals surface area (Å²) < 4.78 is 0. The van der Waals surface area contributed by atoms with Gasteiger partial charge in [0.05, 0.1) is 10.7 Å². The molecule has 0 aliphatic carbocycles. The predicted molar refractivity (Wildman–Crippen MR) is 71.5 cm³/mol. The van der Waals surface area contributed by atoms with E-state index in [-0.39, 0.29) is 5.75 Å². The van der Waals surface area contributed by atoms with E-state index in [1.165, 1.54) is 0 Å². The van der Waals surface area contributed by atoms with Gasteiger partial charge in [0.2, 0.25) is 0 Å². The molecule has 1 N–H and O–H groups in total. The fourth-order valence-electron chi connectivity index (χ4n) is 1.52. The summed E-state index contributed by atoms with van der Waals surface area (Å²) in [6, 6.07) is 13.1. The van der Waals surface area contributed by atoms with Crippen molar-refractivity contribution < 1.29 is 5.11 Å². The summed E-state index contributed by atoms with van der Waals surface area (Å²) in [4.78, 5) is 4.28. The summed E-state index contributed by atoms with van der Waals surface area (Å²) in [6.07, 6.45) is 1.61. The smallest absolute Gasteiger partial charge is 0.142 e. The van der Waals surface area contributed by atoms with Gasteiger partial charge in [0, 0.05) is 11.8 Å². The summed E-state index contributed by atoms with van der Waals surface area (Å²) >= 11 is 5.89. The zero-order chi connectivity index (χ0) is 12.3. The molecular formula is C14H12ClNO. The number of benzene rings is 2. The Morgan fingerprint density at radius 3 is 2.59 bits per heavy atom. The Balaban J connectivity index is 2.33. The number of halogens is 1. The maximum absolute atomic E-state index is 9.78. The van der Waals surface area contributed by atoms with Crippen molar-refractivity contribution in [1.29, 1.82) is 0 Å². The van der Waals surface area contributed by atoms with Gasteiger partial charge in [-0.05, 0) is 36.8 Å². The van der Waals surface area contributed by atoms with Gasteiger partial charge in [0.15, 0.2) is 0 Å². The lowest BCUT2D eigenvalue weighted by atomic mass is 10.1. The topological polar surface area (TPSA) is 32.6 Å². The Morgan fingerprint density at radius 2 is 1.88 bits per heavy atom. The molecule has 0 aliphatic rings. The molecule has 0 saturated carbocycles. The maximum Gasteiger partial charge on any atom is 0.142 e. The van der Waals surface area contributed by atoms with Crippen molar-refractivity contribution in [2.75, 3.05) is 0 Å². The van der Waals surface area contributed by atoms with E-state index in [4.69, 9.17) is 11.6 Å². The van der Waals surface area contributed by atoms with Crippen molar-refractivity contribution in [3.8, 4) is 5.75 Å². The highest BCUT2D eigenvalue weighted by Gasteiger charge is 2.04. The molecule has 0 aromatic heterocycles. The van der Waals surface area contributed by atoms with Crippen LogP contribution in [-0.2, 0) is 0 Å². The van der Waals surface area contributed by atoms with Crippen molar-refractivity contribution in [1.82, 2.24) is 0 Å². The molecule has 0 fully saturated rings. The molecule has 2 nitrogen and oxygen atoms in total. The van der Waals surface area contributed by atoms with Gasteiger partial charge in [0.1, 0.15) is 5.75 Å². The zero-order valence-electron chi connectivity index (χ0n) is 9.39. The van der Waals surface area contributed by atoms with Crippen LogP contribution in [0.25, 0.3) is 0 Å². The van der Waals surface area contributed by atoms with E-state index in [1.807, 2.05) is 43.3 Å². The van der Waals surface area contributed by atoms with Gasteiger partial charge in [-0.25, -0.2) is 0 Å². The Hall–Kier alpha value is -1.80.